The van der Waals surface area contributed by atoms with Crippen LogP contribution in [-0.2, 0) is 4.79 Å². The van der Waals surface area contributed by atoms with Crippen molar-refractivity contribution >= 4 is 30.7 Å². The number of aryl methyl sites for hydroxylation is 2. The van der Waals surface area contributed by atoms with Crippen LogP contribution in [0.1, 0.15) is 43.6 Å². The average Bonchev–Trinajstić information content (AvgIpc) is 2.83. The molecule has 0 aromatic carbocycles. The Morgan fingerprint density at radius 2 is 1.96 bits per heavy atom. The largest absolute Gasteiger partial charge is 0.341 e. The molecule has 1 N–H and O–H groups in total. The van der Waals surface area contributed by atoms with Crippen molar-refractivity contribution < 1.29 is 4.79 Å². The molecule has 5 nitrogen and oxygen atoms in total. The molecule has 0 bridgehead atoms. The lowest BCUT2D eigenvalue weighted by Crippen LogP contribution is -2.42. The molecule has 134 valence electrons. The highest BCUT2D eigenvalue weighted by molar-refractivity contribution is 5.85. The first kappa shape index (κ1) is 22.2. The highest BCUT2D eigenvalue weighted by atomic mass is 35.5. The zero-order valence-electron chi connectivity index (χ0n) is 14.5. The van der Waals surface area contributed by atoms with Crippen molar-refractivity contribution in [2.24, 2.45) is 5.92 Å². The van der Waals surface area contributed by atoms with E-state index >= 15 is 0 Å². The first-order chi connectivity index (χ1) is 10.0. The van der Waals surface area contributed by atoms with Crippen LogP contribution < -0.4 is 5.32 Å². The number of aromatic nitrogens is 2. The van der Waals surface area contributed by atoms with E-state index in [1.54, 1.807) is 0 Å². The SMILES string of the molecule is CNCCC1CCN(C(=O)C(C)n2nc(C)cc2C)CC1.Cl.Cl. The molecule has 1 atom stereocenters. The number of amides is 1. The van der Waals surface area contributed by atoms with Gasteiger partial charge in [-0.3, -0.25) is 9.48 Å². The number of rotatable bonds is 5. The first-order valence-corrected chi connectivity index (χ1v) is 7.99. The molecule has 1 saturated heterocycles. The average molecular weight is 365 g/mol. The van der Waals surface area contributed by atoms with Gasteiger partial charge in [0, 0.05) is 18.8 Å². The number of piperidine rings is 1. The van der Waals surface area contributed by atoms with Gasteiger partial charge in [0.05, 0.1) is 5.69 Å². The normalized spacial score (nSPS) is 16.4. The fourth-order valence-electron chi connectivity index (χ4n) is 3.20. The van der Waals surface area contributed by atoms with Crippen LogP contribution in [0.2, 0.25) is 0 Å². The summed E-state index contributed by atoms with van der Waals surface area (Å²) in [6.45, 7) is 8.77. The molecule has 1 unspecified atom stereocenters. The van der Waals surface area contributed by atoms with Crippen molar-refractivity contribution in [1.29, 1.82) is 0 Å². The van der Waals surface area contributed by atoms with Crippen molar-refractivity contribution in [3.05, 3.63) is 17.5 Å². The monoisotopic (exact) mass is 364 g/mol. The van der Waals surface area contributed by atoms with Gasteiger partial charge in [0.2, 0.25) is 5.91 Å². The van der Waals surface area contributed by atoms with Crippen LogP contribution in [0.15, 0.2) is 6.07 Å². The highest BCUT2D eigenvalue weighted by Gasteiger charge is 2.27. The third-order valence-corrected chi connectivity index (χ3v) is 4.50. The van der Waals surface area contributed by atoms with Crippen molar-refractivity contribution in [2.45, 2.75) is 46.1 Å². The number of halogens is 2. The maximum atomic E-state index is 12.6. The van der Waals surface area contributed by atoms with Gasteiger partial charge >= 0.3 is 0 Å². The fourth-order valence-corrected chi connectivity index (χ4v) is 3.20. The summed E-state index contributed by atoms with van der Waals surface area (Å²) in [7, 11) is 1.99. The summed E-state index contributed by atoms with van der Waals surface area (Å²) in [6, 6.07) is 1.82. The molecule has 0 radical (unpaired) electrons. The lowest BCUT2D eigenvalue weighted by Gasteiger charge is -2.33. The minimum atomic E-state index is -0.201. The number of carbonyl (C=O) groups excluding carboxylic acids is 1. The summed E-state index contributed by atoms with van der Waals surface area (Å²) in [5, 5.41) is 7.65. The number of hydrogen-bond donors (Lipinski definition) is 1. The fraction of sp³-hybridized carbons (Fsp3) is 0.750. The summed E-state index contributed by atoms with van der Waals surface area (Å²) in [6.07, 6.45) is 3.46. The Kier molecular flexibility index (Phi) is 9.82. The highest BCUT2D eigenvalue weighted by Crippen LogP contribution is 2.22. The summed E-state index contributed by atoms with van der Waals surface area (Å²) in [5.74, 6) is 0.957. The van der Waals surface area contributed by atoms with Crippen LogP contribution >= 0.6 is 24.8 Å². The molecule has 7 heteroatoms. The van der Waals surface area contributed by atoms with Crippen LogP contribution in [0.3, 0.4) is 0 Å². The van der Waals surface area contributed by atoms with Crippen LogP contribution in [0, 0.1) is 19.8 Å². The molecular formula is C16H30Cl2N4O. The molecule has 2 rings (SSSR count). The van der Waals surface area contributed by atoms with E-state index in [0.717, 1.165) is 49.8 Å². The third kappa shape index (κ3) is 5.66. The molecule has 0 saturated carbocycles. The molecule has 1 aliphatic heterocycles. The third-order valence-electron chi connectivity index (χ3n) is 4.50. The lowest BCUT2D eigenvalue weighted by atomic mass is 9.93. The molecule has 1 fully saturated rings. The van der Waals surface area contributed by atoms with Crippen molar-refractivity contribution in [2.75, 3.05) is 26.7 Å². The molecule has 23 heavy (non-hydrogen) atoms. The topological polar surface area (TPSA) is 50.2 Å². The van der Waals surface area contributed by atoms with Gasteiger partial charge in [-0.05, 0) is 65.6 Å². The van der Waals surface area contributed by atoms with Gasteiger partial charge in [-0.2, -0.15) is 5.10 Å². The predicted molar refractivity (Wildman–Crippen MR) is 98.8 cm³/mol. The van der Waals surface area contributed by atoms with E-state index in [-0.39, 0.29) is 36.8 Å². The predicted octanol–water partition coefficient (Wildman–Crippen LogP) is 2.75. The van der Waals surface area contributed by atoms with Gasteiger partial charge in [0.25, 0.3) is 0 Å². The molecular weight excluding hydrogens is 335 g/mol. The smallest absolute Gasteiger partial charge is 0.247 e. The summed E-state index contributed by atoms with van der Waals surface area (Å²) in [4.78, 5) is 14.6. The number of likely N-dealkylation sites (tertiary alicyclic amines) is 1. The Labute approximate surface area is 152 Å². The summed E-state index contributed by atoms with van der Waals surface area (Å²) in [5.41, 5.74) is 2.02. The molecule has 1 aromatic rings. The number of carbonyl (C=O) groups is 1. The van der Waals surface area contributed by atoms with E-state index in [2.05, 4.69) is 10.4 Å². The minimum absolute atomic E-state index is 0. The van der Waals surface area contributed by atoms with Crippen molar-refractivity contribution in [3.63, 3.8) is 0 Å². The van der Waals surface area contributed by atoms with Crippen LogP contribution in [-0.4, -0.2) is 47.3 Å². The quantitative estimate of drug-likeness (QED) is 0.873. The summed E-state index contributed by atoms with van der Waals surface area (Å²) >= 11 is 0. The second kappa shape index (κ2) is 10.2. The van der Waals surface area contributed by atoms with E-state index in [0.29, 0.717) is 0 Å². The zero-order valence-corrected chi connectivity index (χ0v) is 16.2. The van der Waals surface area contributed by atoms with E-state index in [1.807, 2.05) is 43.5 Å². The molecule has 2 heterocycles. The van der Waals surface area contributed by atoms with Gasteiger partial charge in [0.15, 0.2) is 0 Å². The van der Waals surface area contributed by atoms with E-state index < -0.39 is 0 Å². The molecule has 1 aliphatic rings. The van der Waals surface area contributed by atoms with Gasteiger partial charge in [-0.1, -0.05) is 0 Å². The van der Waals surface area contributed by atoms with E-state index in [9.17, 15) is 4.79 Å². The lowest BCUT2D eigenvalue weighted by molar-refractivity contribution is -0.136. The zero-order chi connectivity index (χ0) is 15.4. The van der Waals surface area contributed by atoms with Crippen molar-refractivity contribution in [3.8, 4) is 0 Å². The number of nitrogens with zero attached hydrogens (tertiary/aromatic N) is 3. The molecule has 1 amide bonds. The second-order valence-corrected chi connectivity index (χ2v) is 6.21. The number of hydrogen-bond acceptors (Lipinski definition) is 3. The number of nitrogens with one attached hydrogen (secondary N) is 1. The Bertz CT molecular complexity index is 484. The Hall–Kier alpha value is -0.780. The van der Waals surface area contributed by atoms with Gasteiger partial charge in [0.1, 0.15) is 6.04 Å². The molecule has 1 aromatic heterocycles. The van der Waals surface area contributed by atoms with Crippen molar-refractivity contribution in [1.82, 2.24) is 20.0 Å². The standard InChI is InChI=1S/C16H28N4O.2ClH/c1-12-11-13(2)20(18-12)14(3)16(21)19-9-6-15(7-10-19)5-8-17-4;;/h11,14-15,17H,5-10H2,1-4H3;2*1H. The molecule has 0 spiro atoms. The van der Waals surface area contributed by atoms with Crippen LogP contribution in [0.25, 0.3) is 0 Å². The Morgan fingerprint density at radius 1 is 1.35 bits per heavy atom. The van der Waals surface area contributed by atoms with E-state index in [4.69, 9.17) is 0 Å². The first-order valence-electron chi connectivity index (χ1n) is 7.99. The van der Waals surface area contributed by atoms with Crippen LogP contribution in [0.5, 0.6) is 0 Å². The molecule has 0 aliphatic carbocycles. The van der Waals surface area contributed by atoms with Gasteiger partial charge in [-0.25, -0.2) is 0 Å². The minimum Gasteiger partial charge on any atom is -0.341 e. The Morgan fingerprint density at radius 3 is 2.43 bits per heavy atom. The maximum absolute atomic E-state index is 12.6. The summed E-state index contributed by atoms with van der Waals surface area (Å²) < 4.78 is 1.85. The second-order valence-electron chi connectivity index (χ2n) is 6.21. The van der Waals surface area contributed by atoms with Crippen LogP contribution in [0.4, 0.5) is 0 Å². The van der Waals surface area contributed by atoms with Gasteiger partial charge < -0.3 is 10.2 Å². The van der Waals surface area contributed by atoms with E-state index in [1.165, 1.54) is 6.42 Å². The van der Waals surface area contributed by atoms with Gasteiger partial charge in [-0.15, -0.1) is 24.8 Å². The Balaban J connectivity index is 0.00000242. The maximum Gasteiger partial charge on any atom is 0.247 e.